The number of benzene rings is 2. The van der Waals surface area contributed by atoms with Gasteiger partial charge in [0.25, 0.3) is 0 Å². The van der Waals surface area contributed by atoms with Gasteiger partial charge in [-0.25, -0.2) is 0 Å². The second kappa shape index (κ2) is 7.03. The number of hydrogen-bond acceptors (Lipinski definition) is 3. The summed E-state index contributed by atoms with van der Waals surface area (Å²) >= 11 is 18.1. The van der Waals surface area contributed by atoms with Gasteiger partial charge >= 0.3 is 0 Å². The summed E-state index contributed by atoms with van der Waals surface area (Å²) in [5.41, 5.74) is 2.15. The summed E-state index contributed by atoms with van der Waals surface area (Å²) in [6, 6.07) is 10.4. The Hall–Kier alpha value is -1.42. The molecule has 0 unspecified atom stereocenters. The molecule has 0 saturated carbocycles. The molecule has 0 saturated heterocycles. The Kier molecular flexibility index (Phi) is 5.34. The molecule has 2 rings (SSSR count). The topological polar surface area (TPSA) is 41.8 Å². The minimum atomic E-state index is 0.239. The van der Waals surface area contributed by atoms with Crippen LogP contribution >= 0.6 is 34.8 Å². The summed E-state index contributed by atoms with van der Waals surface area (Å²) in [6.07, 6.45) is 0. The zero-order valence-electron chi connectivity index (χ0n) is 11.1. The molecule has 0 aliphatic carbocycles. The Balaban J connectivity index is 2.63. The second-order valence-electron chi connectivity index (χ2n) is 4.21. The molecule has 0 aliphatic rings. The molecule has 0 radical (unpaired) electrons. The molecular weight excluding hydrogens is 333 g/mol. The summed E-state index contributed by atoms with van der Waals surface area (Å²) in [7, 11) is 1.53. The van der Waals surface area contributed by atoms with E-state index in [0.717, 1.165) is 5.56 Å². The van der Waals surface area contributed by atoms with Crippen molar-refractivity contribution in [3.05, 3.63) is 63.1 Å². The van der Waals surface area contributed by atoms with Crippen molar-refractivity contribution in [1.29, 1.82) is 0 Å². The van der Waals surface area contributed by atoms with Crippen LogP contribution in [0.1, 0.15) is 16.7 Å². The summed E-state index contributed by atoms with van der Waals surface area (Å²) in [5.74, 6) is 0.881. The molecule has 0 aliphatic heterocycles. The standard InChI is InChI=1S/C15H12Cl3NO2/c1-21-13-7-9(8-16)5-6-10(13)15(19-20)14-11(17)3-2-4-12(14)18/h2-7,20H,8H2,1H3/b19-15-. The zero-order chi connectivity index (χ0) is 15.4. The molecule has 2 aromatic rings. The van der Waals surface area contributed by atoms with Gasteiger partial charge in [-0.2, -0.15) is 0 Å². The van der Waals surface area contributed by atoms with Crippen LogP contribution in [0.25, 0.3) is 0 Å². The van der Waals surface area contributed by atoms with Crippen LogP contribution in [0.3, 0.4) is 0 Å². The van der Waals surface area contributed by atoms with E-state index in [9.17, 15) is 5.21 Å². The van der Waals surface area contributed by atoms with Crippen LogP contribution in [-0.2, 0) is 5.88 Å². The van der Waals surface area contributed by atoms with Gasteiger partial charge in [0.2, 0.25) is 0 Å². The third-order valence-corrected chi connectivity index (χ3v) is 3.91. The first-order valence-corrected chi connectivity index (χ1v) is 7.31. The van der Waals surface area contributed by atoms with Gasteiger partial charge in [-0.1, -0.05) is 40.5 Å². The molecular formula is C15H12Cl3NO2. The summed E-state index contributed by atoms with van der Waals surface area (Å²) in [6.45, 7) is 0. The maximum Gasteiger partial charge on any atom is 0.128 e. The number of rotatable bonds is 4. The summed E-state index contributed by atoms with van der Waals surface area (Å²) < 4.78 is 5.34. The third kappa shape index (κ3) is 3.26. The predicted molar refractivity (Wildman–Crippen MR) is 86.4 cm³/mol. The Morgan fingerprint density at radius 1 is 1.19 bits per heavy atom. The highest BCUT2D eigenvalue weighted by molar-refractivity contribution is 6.41. The minimum absolute atomic E-state index is 0.239. The molecule has 0 spiro atoms. The van der Waals surface area contributed by atoms with Crippen molar-refractivity contribution in [3.8, 4) is 5.75 Å². The zero-order valence-corrected chi connectivity index (χ0v) is 13.4. The van der Waals surface area contributed by atoms with Crippen LogP contribution in [-0.4, -0.2) is 18.0 Å². The quantitative estimate of drug-likeness (QED) is 0.368. The van der Waals surface area contributed by atoms with Crippen molar-refractivity contribution in [3.63, 3.8) is 0 Å². The van der Waals surface area contributed by atoms with Crippen LogP contribution < -0.4 is 4.74 Å². The van der Waals surface area contributed by atoms with Crippen molar-refractivity contribution < 1.29 is 9.94 Å². The fraction of sp³-hybridized carbons (Fsp3) is 0.133. The molecule has 6 heteroatoms. The van der Waals surface area contributed by atoms with E-state index < -0.39 is 0 Å². The smallest absolute Gasteiger partial charge is 0.128 e. The van der Waals surface area contributed by atoms with Gasteiger partial charge in [0, 0.05) is 17.0 Å². The van der Waals surface area contributed by atoms with Crippen molar-refractivity contribution >= 4 is 40.5 Å². The van der Waals surface area contributed by atoms with Crippen molar-refractivity contribution in [2.24, 2.45) is 5.16 Å². The summed E-state index contributed by atoms with van der Waals surface area (Å²) in [4.78, 5) is 0. The number of ether oxygens (including phenoxy) is 1. The van der Waals surface area contributed by atoms with Gasteiger partial charge < -0.3 is 9.94 Å². The van der Waals surface area contributed by atoms with Gasteiger partial charge in [-0.15, -0.1) is 11.6 Å². The van der Waals surface area contributed by atoms with Crippen molar-refractivity contribution in [2.45, 2.75) is 5.88 Å². The monoisotopic (exact) mass is 343 g/mol. The van der Waals surface area contributed by atoms with E-state index >= 15 is 0 Å². The average Bonchev–Trinajstić information content (AvgIpc) is 2.50. The number of methoxy groups -OCH3 is 1. The van der Waals surface area contributed by atoms with Crippen LogP contribution in [0.15, 0.2) is 41.6 Å². The van der Waals surface area contributed by atoms with Gasteiger partial charge in [-0.3, -0.25) is 0 Å². The molecule has 0 aromatic heterocycles. The highest BCUT2D eigenvalue weighted by Gasteiger charge is 2.19. The lowest BCUT2D eigenvalue weighted by Gasteiger charge is -2.13. The fourth-order valence-electron chi connectivity index (χ4n) is 1.98. The van der Waals surface area contributed by atoms with Crippen LogP contribution in [0.2, 0.25) is 10.0 Å². The average molecular weight is 345 g/mol. The van der Waals surface area contributed by atoms with E-state index in [2.05, 4.69) is 5.16 Å². The molecule has 0 bridgehead atoms. The Labute approximate surface area is 137 Å². The normalized spacial score (nSPS) is 11.5. The number of nitrogens with zero attached hydrogens (tertiary/aromatic N) is 1. The van der Waals surface area contributed by atoms with Crippen LogP contribution in [0, 0.1) is 0 Å². The molecule has 110 valence electrons. The SMILES string of the molecule is COc1cc(CCl)ccc1/C(=N/O)c1c(Cl)cccc1Cl. The van der Waals surface area contributed by atoms with E-state index in [0.29, 0.717) is 32.8 Å². The van der Waals surface area contributed by atoms with Crippen LogP contribution in [0.4, 0.5) is 0 Å². The number of halogens is 3. The van der Waals surface area contributed by atoms with Crippen molar-refractivity contribution in [2.75, 3.05) is 7.11 Å². The Morgan fingerprint density at radius 2 is 1.86 bits per heavy atom. The van der Waals surface area contributed by atoms with Crippen molar-refractivity contribution in [1.82, 2.24) is 0 Å². The third-order valence-electron chi connectivity index (χ3n) is 2.97. The Bertz CT molecular complexity index is 666. The van der Waals surface area contributed by atoms with E-state index in [1.165, 1.54) is 7.11 Å². The molecule has 21 heavy (non-hydrogen) atoms. The second-order valence-corrected chi connectivity index (χ2v) is 5.30. The number of hydrogen-bond donors (Lipinski definition) is 1. The number of alkyl halides is 1. The van der Waals surface area contributed by atoms with Gasteiger partial charge in [0.1, 0.15) is 11.5 Å². The van der Waals surface area contributed by atoms with Crippen LogP contribution in [0.5, 0.6) is 5.75 Å². The van der Waals surface area contributed by atoms with Gasteiger partial charge in [0.05, 0.1) is 17.2 Å². The van der Waals surface area contributed by atoms with E-state index in [1.807, 2.05) is 6.07 Å². The van der Waals surface area contributed by atoms with Gasteiger partial charge in [0.15, 0.2) is 0 Å². The molecule has 2 aromatic carbocycles. The largest absolute Gasteiger partial charge is 0.496 e. The molecule has 0 amide bonds. The first-order chi connectivity index (χ1) is 10.1. The fourth-order valence-corrected chi connectivity index (χ4v) is 2.72. The van der Waals surface area contributed by atoms with Gasteiger partial charge in [-0.05, 0) is 29.8 Å². The number of oxime groups is 1. The first kappa shape index (κ1) is 16.0. The molecule has 3 nitrogen and oxygen atoms in total. The molecule has 0 fully saturated rings. The predicted octanol–water partition coefficient (Wildman–Crippen LogP) is 4.97. The maximum atomic E-state index is 9.42. The highest BCUT2D eigenvalue weighted by atomic mass is 35.5. The van der Waals surface area contributed by atoms with E-state index in [-0.39, 0.29) is 5.71 Å². The lowest BCUT2D eigenvalue weighted by Crippen LogP contribution is -2.08. The van der Waals surface area contributed by atoms with E-state index in [4.69, 9.17) is 39.5 Å². The maximum absolute atomic E-state index is 9.42. The van der Waals surface area contributed by atoms with E-state index in [1.54, 1.807) is 30.3 Å². The lowest BCUT2D eigenvalue weighted by molar-refractivity contribution is 0.319. The molecule has 0 atom stereocenters. The highest BCUT2D eigenvalue weighted by Crippen LogP contribution is 2.31. The minimum Gasteiger partial charge on any atom is -0.496 e. The molecule has 0 heterocycles. The summed E-state index contributed by atoms with van der Waals surface area (Å²) in [5, 5.41) is 13.5. The Morgan fingerprint density at radius 3 is 2.38 bits per heavy atom. The molecule has 1 N–H and O–H groups in total. The first-order valence-electron chi connectivity index (χ1n) is 6.02. The lowest BCUT2D eigenvalue weighted by atomic mass is 10.00.